The van der Waals surface area contributed by atoms with Gasteiger partial charge in [0.2, 0.25) is 0 Å². The lowest BCUT2D eigenvalue weighted by atomic mass is 9.94. The van der Waals surface area contributed by atoms with Crippen molar-refractivity contribution < 1.29 is 0 Å². The van der Waals surface area contributed by atoms with Gasteiger partial charge in [-0.05, 0) is 19.2 Å². The van der Waals surface area contributed by atoms with Gasteiger partial charge in [-0.2, -0.15) is 0 Å². The molecule has 0 spiro atoms. The van der Waals surface area contributed by atoms with Crippen LogP contribution in [0.5, 0.6) is 0 Å². The molecule has 0 radical (unpaired) electrons. The number of nitrogens with zero attached hydrogens (tertiary/aromatic N) is 1. The molecule has 16 heavy (non-hydrogen) atoms. The van der Waals surface area contributed by atoms with Gasteiger partial charge in [-0.3, -0.25) is 0 Å². The summed E-state index contributed by atoms with van der Waals surface area (Å²) in [5, 5.41) is 6.80. The van der Waals surface area contributed by atoms with Crippen molar-refractivity contribution in [1.29, 1.82) is 0 Å². The number of rotatable bonds is 1. The molecule has 1 aliphatic carbocycles. The Balaban J connectivity index is 2.23. The average Bonchev–Trinajstić information content (AvgIpc) is 2.99. The minimum Gasteiger partial charge on any atom is -0.377 e. The molecule has 2 N–H and O–H groups in total. The highest BCUT2D eigenvalue weighted by Crippen LogP contribution is 2.63. The van der Waals surface area contributed by atoms with E-state index in [0.29, 0.717) is 0 Å². The molecular weight excluding hydrogens is 266 g/mol. The van der Waals surface area contributed by atoms with Gasteiger partial charge in [0.05, 0.1) is 6.42 Å². The monoisotopic (exact) mass is 278 g/mol. The maximum atomic E-state index is 5.58. The lowest BCUT2D eigenvalue weighted by Gasteiger charge is -2.26. The normalized spacial score (nSPS) is 34.3. The minimum atomic E-state index is -0.182. The molecule has 0 aromatic heterocycles. The summed E-state index contributed by atoms with van der Waals surface area (Å²) in [6, 6.07) is 6.19. The molecule has 1 aromatic carbocycles. The molecule has 2 aliphatic rings. The predicted octanol–water partition coefficient (Wildman–Crippen LogP) is 2.39. The summed E-state index contributed by atoms with van der Waals surface area (Å²) in [5.41, 5.74) is 2.14. The van der Waals surface area contributed by atoms with Gasteiger partial charge in [0.15, 0.2) is 0 Å². The highest BCUT2D eigenvalue weighted by Gasteiger charge is 2.80. The Hall–Kier alpha value is -1.05. The molecule has 1 aliphatic heterocycles. The van der Waals surface area contributed by atoms with Crippen LogP contribution in [0.15, 0.2) is 22.7 Å². The van der Waals surface area contributed by atoms with Crippen LogP contribution in [0.1, 0.15) is 12.0 Å². The predicted molar refractivity (Wildman–Crippen MR) is 69.0 cm³/mol. The van der Waals surface area contributed by atoms with Gasteiger partial charge < -0.3 is 10.6 Å². The molecular formula is C12H13BrN3+. The smallest absolute Gasteiger partial charge is 0.322 e. The summed E-state index contributed by atoms with van der Waals surface area (Å²) in [6.07, 6.45) is 0.954. The average molecular weight is 279 g/mol. The zero-order chi connectivity index (χ0) is 11.4. The van der Waals surface area contributed by atoms with Crippen LogP contribution >= 0.6 is 15.9 Å². The lowest BCUT2D eigenvalue weighted by Crippen LogP contribution is -2.42. The largest absolute Gasteiger partial charge is 0.377 e. The molecule has 3 nitrogen and oxygen atoms in total. The summed E-state index contributed by atoms with van der Waals surface area (Å²) in [4.78, 5) is 4.09. The summed E-state index contributed by atoms with van der Waals surface area (Å²) in [6.45, 7) is 6.38. The Morgan fingerprint density at radius 3 is 3.06 bits per heavy atom. The molecule has 0 saturated heterocycles. The van der Waals surface area contributed by atoms with Crippen molar-refractivity contribution in [3.05, 3.63) is 33.1 Å². The second-order valence-electron chi connectivity index (χ2n) is 4.51. The van der Waals surface area contributed by atoms with Crippen LogP contribution in [0.2, 0.25) is 0 Å². The number of benzene rings is 1. The van der Waals surface area contributed by atoms with Gasteiger partial charge in [0.1, 0.15) is 12.1 Å². The summed E-state index contributed by atoms with van der Waals surface area (Å²) in [5.74, 6) is 0. The standard InChI is InChI=1S/C12H13BrN3/c1-14-11-6-12(11,15-2)10-8(13)4-3-5-9(10)16-7-11/h1,3-5,15-16H,6-7H2,2H3/q+1. The fourth-order valence-electron chi connectivity index (χ4n) is 2.92. The van der Waals surface area contributed by atoms with E-state index in [1.54, 1.807) is 0 Å². The number of hydrogen-bond donors (Lipinski definition) is 2. The number of halogens is 1. The fraction of sp³-hybridized carbons (Fsp3) is 0.417. The molecule has 82 valence electrons. The van der Waals surface area contributed by atoms with E-state index >= 15 is 0 Å². The van der Waals surface area contributed by atoms with Crippen molar-refractivity contribution in [3.8, 4) is 6.57 Å². The SMILES string of the molecule is C#[N+]C12CNc3cccc(Br)c3C1(NC)C2. The van der Waals surface area contributed by atoms with E-state index in [2.05, 4.69) is 43.5 Å². The van der Waals surface area contributed by atoms with E-state index in [1.807, 2.05) is 13.1 Å². The van der Waals surface area contributed by atoms with Crippen molar-refractivity contribution in [2.24, 2.45) is 0 Å². The van der Waals surface area contributed by atoms with E-state index in [-0.39, 0.29) is 11.1 Å². The van der Waals surface area contributed by atoms with Gasteiger partial charge >= 0.3 is 5.54 Å². The maximum Gasteiger partial charge on any atom is 0.322 e. The van der Waals surface area contributed by atoms with Crippen LogP contribution in [0.3, 0.4) is 0 Å². The first kappa shape index (κ1) is 10.1. The maximum absolute atomic E-state index is 5.58. The van der Waals surface area contributed by atoms with E-state index < -0.39 is 0 Å². The van der Waals surface area contributed by atoms with Crippen LogP contribution in [-0.4, -0.2) is 19.1 Å². The summed E-state index contributed by atoms with van der Waals surface area (Å²) < 4.78 is 1.11. The molecule has 4 heteroatoms. The van der Waals surface area contributed by atoms with E-state index in [1.165, 1.54) is 11.3 Å². The number of hydrogen-bond acceptors (Lipinski definition) is 2. The van der Waals surface area contributed by atoms with Gasteiger partial charge in [0.25, 0.3) is 6.57 Å². The molecule has 2 atom stereocenters. The first-order valence-electron chi connectivity index (χ1n) is 5.33. The molecule has 1 fully saturated rings. The Bertz CT molecular complexity index is 507. The third-order valence-corrected chi connectivity index (χ3v) is 4.57. The number of nitrogens with one attached hydrogen (secondary N) is 2. The van der Waals surface area contributed by atoms with Gasteiger partial charge in [0, 0.05) is 15.7 Å². The highest BCUT2D eigenvalue weighted by molar-refractivity contribution is 9.10. The molecule has 0 bridgehead atoms. The van der Waals surface area contributed by atoms with Crippen molar-refractivity contribution in [2.45, 2.75) is 17.5 Å². The number of anilines is 1. The Labute approximate surface area is 103 Å². The van der Waals surface area contributed by atoms with Crippen molar-refractivity contribution in [3.63, 3.8) is 0 Å². The van der Waals surface area contributed by atoms with Gasteiger partial charge in [-0.25, -0.2) is 0 Å². The molecule has 3 rings (SSSR count). The van der Waals surface area contributed by atoms with E-state index in [0.717, 1.165) is 17.4 Å². The topological polar surface area (TPSA) is 28.4 Å². The summed E-state index contributed by atoms with van der Waals surface area (Å²) in [7, 11) is 1.97. The molecule has 1 saturated carbocycles. The Morgan fingerprint density at radius 2 is 2.38 bits per heavy atom. The lowest BCUT2D eigenvalue weighted by molar-refractivity contribution is 0.508. The molecule has 1 heterocycles. The molecule has 1 aromatic rings. The van der Waals surface area contributed by atoms with Gasteiger partial charge in [-0.1, -0.05) is 26.8 Å². The first-order valence-corrected chi connectivity index (χ1v) is 6.12. The van der Waals surface area contributed by atoms with Crippen LogP contribution in [-0.2, 0) is 5.54 Å². The van der Waals surface area contributed by atoms with Crippen molar-refractivity contribution in [2.75, 3.05) is 18.9 Å². The third-order valence-electron chi connectivity index (χ3n) is 3.91. The van der Waals surface area contributed by atoms with Crippen molar-refractivity contribution >= 4 is 21.6 Å². The van der Waals surface area contributed by atoms with Crippen molar-refractivity contribution in [1.82, 2.24) is 5.32 Å². The van der Waals surface area contributed by atoms with Crippen LogP contribution in [0.25, 0.3) is 4.85 Å². The summed E-state index contributed by atoms with van der Waals surface area (Å²) >= 11 is 3.62. The first-order chi connectivity index (χ1) is 7.69. The Kier molecular flexibility index (Phi) is 1.90. The van der Waals surface area contributed by atoms with Crippen LogP contribution in [0, 0.1) is 6.57 Å². The van der Waals surface area contributed by atoms with Crippen LogP contribution in [0.4, 0.5) is 5.69 Å². The fourth-order valence-corrected chi connectivity index (χ4v) is 3.63. The van der Waals surface area contributed by atoms with E-state index in [4.69, 9.17) is 6.57 Å². The second-order valence-corrected chi connectivity index (χ2v) is 5.36. The molecule has 2 unspecified atom stereocenters. The van der Waals surface area contributed by atoms with Gasteiger partial charge in [-0.15, -0.1) is 0 Å². The van der Waals surface area contributed by atoms with E-state index in [9.17, 15) is 0 Å². The molecule has 0 amide bonds. The zero-order valence-corrected chi connectivity index (χ0v) is 10.6. The third kappa shape index (κ3) is 0.957. The Morgan fingerprint density at radius 1 is 1.56 bits per heavy atom. The minimum absolute atomic E-state index is 0.0948. The zero-order valence-electron chi connectivity index (χ0n) is 9.05. The number of fused-ring (bicyclic) bond motifs is 3. The highest BCUT2D eigenvalue weighted by atomic mass is 79.9. The number of likely N-dealkylation sites (N-methyl/N-ethyl adjacent to an activating group) is 1. The second kappa shape index (κ2) is 2.99. The van der Waals surface area contributed by atoms with Crippen LogP contribution < -0.4 is 10.6 Å². The quantitative estimate of drug-likeness (QED) is 0.826.